The highest BCUT2D eigenvalue weighted by Crippen LogP contribution is 2.15. The quantitative estimate of drug-likeness (QED) is 0.926. The minimum Gasteiger partial charge on any atom is -0.392 e. The van der Waals surface area contributed by atoms with E-state index < -0.39 is 0 Å². The van der Waals surface area contributed by atoms with Gasteiger partial charge in [-0.05, 0) is 26.0 Å². The second-order valence-corrected chi connectivity index (χ2v) is 6.17. The second-order valence-electron chi connectivity index (χ2n) is 6.17. The highest BCUT2D eigenvalue weighted by molar-refractivity contribution is 5.74. The number of para-hydroxylation sites is 2. The molecule has 0 saturated carbocycles. The predicted octanol–water partition coefficient (Wildman–Crippen LogP) is 1.44. The smallest absolute Gasteiger partial charge is 0.0890 e. The van der Waals surface area contributed by atoms with E-state index in [1.807, 2.05) is 38.1 Å². The maximum absolute atomic E-state index is 9.47. The molecule has 1 aliphatic heterocycles. The van der Waals surface area contributed by atoms with Crippen LogP contribution in [0.3, 0.4) is 0 Å². The van der Waals surface area contributed by atoms with Crippen LogP contribution in [0, 0.1) is 6.92 Å². The number of fused-ring (bicyclic) bond motifs is 1. The second kappa shape index (κ2) is 6.69. The monoisotopic (exact) mass is 300 g/mol. The number of aromatic nitrogens is 2. The Labute approximate surface area is 131 Å². The van der Waals surface area contributed by atoms with Gasteiger partial charge in [0.2, 0.25) is 0 Å². The highest BCUT2D eigenvalue weighted by atomic mass is 16.3. The Kier molecular flexibility index (Phi) is 4.66. The van der Waals surface area contributed by atoms with Crippen molar-refractivity contribution in [2.75, 3.05) is 32.7 Å². The molecule has 0 amide bonds. The molecule has 1 unspecified atom stereocenters. The number of piperazine rings is 1. The number of aliphatic hydroxyl groups is 1. The van der Waals surface area contributed by atoms with Crippen LogP contribution in [0.4, 0.5) is 0 Å². The Hall–Kier alpha value is -1.56. The van der Waals surface area contributed by atoms with E-state index in [-0.39, 0.29) is 6.10 Å². The van der Waals surface area contributed by atoms with Gasteiger partial charge in [-0.1, -0.05) is 12.1 Å². The largest absolute Gasteiger partial charge is 0.392 e. The van der Waals surface area contributed by atoms with E-state index in [1.165, 1.54) is 0 Å². The summed E-state index contributed by atoms with van der Waals surface area (Å²) >= 11 is 0. The van der Waals surface area contributed by atoms with Gasteiger partial charge in [-0.15, -0.1) is 0 Å². The fourth-order valence-electron chi connectivity index (χ4n) is 2.99. The summed E-state index contributed by atoms with van der Waals surface area (Å²) in [4.78, 5) is 14.2. The minimum absolute atomic E-state index is 0.250. The lowest BCUT2D eigenvalue weighted by atomic mass is 10.2. The molecule has 3 rings (SSSR count). The number of aryl methyl sites for hydroxylation is 1. The third-order valence-electron chi connectivity index (χ3n) is 4.20. The van der Waals surface area contributed by atoms with E-state index >= 15 is 0 Å². The Morgan fingerprint density at radius 1 is 1.05 bits per heavy atom. The number of hydrogen-bond donors (Lipinski definition) is 1. The van der Waals surface area contributed by atoms with Gasteiger partial charge in [-0.25, -0.2) is 9.97 Å². The predicted molar refractivity (Wildman–Crippen MR) is 87.7 cm³/mol. The Morgan fingerprint density at radius 3 is 2.27 bits per heavy atom. The van der Waals surface area contributed by atoms with Crippen molar-refractivity contribution in [2.24, 2.45) is 0 Å². The first kappa shape index (κ1) is 15.3. The number of aliphatic hydroxyl groups excluding tert-OH is 1. The van der Waals surface area contributed by atoms with Crippen molar-refractivity contribution in [3.05, 3.63) is 35.7 Å². The van der Waals surface area contributed by atoms with Gasteiger partial charge in [0.05, 0.1) is 28.5 Å². The van der Waals surface area contributed by atoms with Crippen molar-refractivity contribution in [3.8, 4) is 0 Å². The maximum atomic E-state index is 9.47. The summed E-state index contributed by atoms with van der Waals surface area (Å²) in [5.74, 6) is 0. The number of nitrogens with zero attached hydrogens (tertiary/aromatic N) is 4. The van der Waals surface area contributed by atoms with Gasteiger partial charge in [0, 0.05) is 39.3 Å². The molecule has 0 aliphatic carbocycles. The normalized spacial score (nSPS) is 18.7. The van der Waals surface area contributed by atoms with Gasteiger partial charge in [0.25, 0.3) is 0 Å². The first-order valence-electron chi connectivity index (χ1n) is 7.97. The number of β-amino-alcohol motifs (C(OH)–C–C–N with tert-alkyl or cyclic N) is 1. The molecular formula is C17H24N4O. The van der Waals surface area contributed by atoms with Gasteiger partial charge in [0.1, 0.15) is 0 Å². The molecule has 0 spiro atoms. The summed E-state index contributed by atoms with van der Waals surface area (Å²) in [5, 5.41) is 9.47. The molecule has 0 bridgehead atoms. The zero-order valence-electron chi connectivity index (χ0n) is 13.4. The molecule has 0 radical (unpaired) electrons. The highest BCUT2D eigenvalue weighted by Gasteiger charge is 2.19. The molecule has 1 aromatic heterocycles. The topological polar surface area (TPSA) is 52.5 Å². The van der Waals surface area contributed by atoms with Gasteiger partial charge in [-0.3, -0.25) is 9.80 Å². The molecule has 22 heavy (non-hydrogen) atoms. The number of rotatable bonds is 4. The molecular weight excluding hydrogens is 276 g/mol. The lowest BCUT2D eigenvalue weighted by Gasteiger charge is -2.35. The molecule has 118 valence electrons. The van der Waals surface area contributed by atoms with Crippen molar-refractivity contribution in [3.63, 3.8) is 0 Å². The van der Waals surface area contributed by atoms with Crippen LogP contribution in [0.2, 0.25) is 0 Å². The van der Waals surface area contributed by atoms with Crippen molar-refractivity contribution in [2.45, 2.75) is 26.5 Å². The summed E-state index contributed by atoms with van der Waals surface area (Å²) in [7, 11) is 0. The average molecular weight is 300 g/mol. The van der Waals surface area contributed by atoms with Crippen LogP contribution in [-0.4, -0.2) is 63.7 Å². The van der Waals surface area contributed by atoms with Gasteiger partial charge in [0.15, 0.2) is 0 Å². The molecule has 1 aliphatic rings. The van der Waals surface area contributed by atoms with Crippen molar-refractivity contribution < 1.29 is 5.11 Å². The molecule has 5 heteroatoms. The molecule has 2 heterocycles. The molecule has 5 nitrogen and oxygen atoms in total. The lowest BCUT2D eigenvalue weighted by molar-refractivity contribution is 0.0775. The maximum Gasteiger partial charge on any atom is 0.0890 e. The summed E-state index contributed by atoms with van der Waals surface area (Å²) in [6.07, 6.45) is -0.250. The lowest BCUT2D eigenvalue weighted by Crippen LogP contribution is -2.47. The van der Waals surface area contributed by atoms with E-state index in [1.54, 1.807) is 0 Å². The molecule has 2 aromatic rings. The standard InChI is InChI=1S/C17H24N4O/c1-13(22)11-20-7-9-21(10-8-20)12-17-14(2)18-15-5-3-4-6-16(15)19-17/h3-6,13,22H,7-12H2,1-2H3. The summed E-state index contributed by atoms with van der Waals surface area (Å²) in [6, 6.07) is 8.03. The molecule has 1 fully saturated rings. The van der Waals surface area contributed by atoms with Crippen LogP contribution in [0.1, 0.15) is 18.3 Å². The Morgan fingerprint density at radius 2 is 1.64 bits per heavy atom. The Bertz CT molecular complexity index is 636. The van der Waals surface area contributed by atoms with Gasteiger partial charge < -0.3 is 5.11 Å². The summed E-state index contributed by atoms with van der Waals surface area (Å²) in [5.41, 5.74) is 4.02. The van der Waals surface area contributed by atoms with Crippen molar-refractivity contribution >= 4 is 11.0 Å². The average Bonchev–Trinajstić information content (AvgIpc) is 2.49. The van der Waals surface area contributed by atoms with Crippen LogP contribution in [-0.2, 0) is 6.54 Å². The van der Waals surface area contributed by atoms with Crippen LogP contribution in [0.15, 0.2) is 24.3 Å². The molecule has 1 atom stereocenters. The zero-order chi connectivity index (χ0) is 15.5. The van der Waals surface area contributed by atoms with Crippen LogP contribution >= 0.6 is 0 Å². The molecule has 1 aromatic carbocycles. The first-order valence-corrected chi connectivity index (χ1v) is 7.97. The zero-order valence-corrected chi connectivity index (χ0v) is 13.4. The minimum atomic E-state index is -0.250. The number of hydrogen-bond acceptors (Lipinski definition) is 5. The van der Waals surface area contributed by atoms with Crippen LogP contribution in [0.25, 0.3) is 11.0 Å². The van der Waals surface area contributed by atoms with E-state index in [2.05, 4.69) is 14.8 Å². The molecule has 1 N–H and O–H groups in total. The van der Waals surface area contributed by atoms with Gasteiger partial charge >= 0.3 is 0 Å². The van der Waals surface area contributed by atoms with E-state index in [0.717, 1.165) is 61.7 Å². The third kappa shape index (κ3) is 3.61. The van der Waals surface area contributed by atoms with Gasteiger partial charge in [-0.2, -0.15) is 0 Å². The van der Waals surface area contributed by atoms with Crippen molar-refractivity contribution in [1.82, 2.24) is 19.8 Å². The van der Waals surface area contributed by atoms with Crippen LogP contribution in [0.5, 0.6) is 0 Å². The van der Waals surface area contributed by atoms with E-state index in [9.17, 15) is 5.11 Å². The fraction of sp³-hybridized carbons (Fsp3) is 0.529. The van der Waals surface area contributed by atoms with Crippen molar-refractivity contribution in [1.29, 1.82) is 0 Å². The first-order chi connectivity index (χ1) is 10.6. The van der Waals surface area contributed by atoms with E-state index in [0.29, 0.717) is 0 Å². The third-order valence-corrected chi connectivity index (χ3v) is 4.20. The molecule has 1 saturated heterocycles. The Balaban J connectivity index is 1.65. The summed E-state index contributed by atoms with van der Waals surface area (Å²) in [6.45, 7) is 9.55. The fourth-order valence-corrected chi connectivity index (χ4v) is 2.99. The number of benzene rings is 1. The van der Waals surface area contributed by atoms with E-state index in [4.69, 9.17) is 4.98 Å². The van der Waals surface area contributed by atoms with Crippen LogP contribution < -0.4 is 0 Å². The SMILES string of the molecule is Cc1nc2ccccc2nc1CN1CCN(CC(C)O)CC1. The summed E-state index contributed by atoms with van der Waals surface area (Å²) < 4.78 is 0.